The van der Waals surface area contributed by atoms with E-state index in [1.165, 1.54) is 0 Å². The molecule has 0 radical (unpaired) electrons. The molecular formula is C16H20N2O3. The monoisotopic (exact) mass is 288 g/mol. The largest absolute Gasteiger partial charge is 0.490 e. The second kappa shape index (κ2) is 5.77. The van der Waals surface area contributed by atoms with Gasteiger partial charge in [0.15, 0.2) is 0 Å². The van der Waals surface area contributed by atoms with Crippen molar-refractivity contribution in [1.29, 1.82) is 0 Å². The number of likely N-dealkylation sites (N-methyl/N-ethyl adjacent to an activating group) is 1. The summed E-state index contributed by atoms with van der Waals surface area (Å²) >= 11 is 0. The van der Waals surface area contributed by atoms with Crippen LogP contribution in [-0.2, 0) is 0 Å². The molecule has 1 aromatic carbocycles. The lowest BCUT2D eigenvalue weighted by molar-refractivity contribution is 0.0941. The first-order chi connectivity index (χ1) is 10.2. The maximum Gasteiger partial charge on any atom is 0.251 e. The maximum atomic E-state index is 12.3. The van der Waals surface area contributed by atoms with Crippen molar-refractivity contribution < 1.29 is 14.6 Å². The number of anilines is 1. The first kappa shape index (κ1) is 13.9. The number of benzene rings is 1. The van der Waals surface area contributed by atoms with Gasteiger partial charge in [-0.15, -0.1) is 0 Å². The van der Waals surface area contributed by atoms with E-state index in [1.807, 2.05) is 31.3 Å². The summed E-state index contributed by atoms with van der Waals surface area (Å²) < 4.78 is 5.58. The van der Waals surface area contributed by atoms with Crippen molar-refractivity contribution in [2.75, 3.05) is 31.7 Å². The summed E-state index contributed by atoms with van der Waals surface area (Å²) in [6.07, 6.45) is 4.67. The lowest BCUT2D eigenvalue weighted by Crippen LogP contribution is -2.33. The molecule has 112 valence electrons. The molecule has 0 aromatic heterocycles. The van der Waals surface area contributed by atoms with Crippen LogP contribution in [0.3, 0.4) is 0 Å². The minimum atomic E-state index is -0.0926. The Kier molecular flexibility index (Phi) is 3.84. The number of carbonyl (C=O) groups excluding carboxylic acids is 1. The van der Waals surface area contributed by atoms with Crippen LogP contribution in [0.15, 0.2) is 30.4 Å². The third-order valence-corrected chi connectivity index (χ3v) is 4.04. The minimum Gasteiger partial charge on any atom is -0.490 e. The molecule has 0 saturated heterocycles. The zero-order chi connectivity index (χ0) is 14.8. The van der Waals surface area contributed by atoms with Gasteiger partial charge in [0.25, 0.3) is 5.91 Å². The van der Waals surface area contributed by atoms with Crippen LogP contribution >= 0.6 is 0 Å². The molecule has 2 N–H and O–H groups in total. The standard InChI is InChI=1S/C16H20N2O3/c1-18-6-7-21-15-5-3-12(9-14(15)18)16(20)17-13-4-2-11(8-13)10-19/h2-5,9,11,13,19H,6-8,10H2,1H3,(H,17,20)/t11-,13+/m0/s1. The van der Waals surface area contributed by atoms with Crippen LogP contribution in [0.2, 0.25) is 0 Å². The van der Waals surface area contributed by atoms with Gasteiger partial charge in [-0.1, -0.05) is 12.2 Å². The summed E-state index contributed by atoms with van der Waals surface area (Å²) in [4.78, 5) is 14.4. The number of rotatable bonds is 3. The second-order valence-electron chi connectivity index (χ2n) is 5.60. The van der Waals surface area contributed by atoms with Crippen molar-refractivity contribution in [1.82, 2.24) is 5.32 Å². The highest BCUT2D eigenvalue weighted by molar-refractivity contribution is 5.96. The number of nitrogens with zero attached hydrogens (tertiary/aromatic N) is 1. The van der Waals surface area contributed by atoms with Crippen molar-refractivity contribution in [3.05, 3.63) is 35.9 Å². The Morgan fingerprint density at radius 1 is 1.48 bits per heavy atom. The second-order valence-corrected chi connectivity index (χ2v) is 5.60. The van der Waals surface area contributed by atoms with Gasteiger partial charge in [0.1, 0.15) is 12.4 Å². The molecule has 0 spiro atoms. The lowest BCUT2D eigenvalue weighted by Gasteiger charge is -2.28. The Morgan fingerprint density at radius 2 is 2.33 bits per heavy atom. The van der Waals surface area contributed by atoms with Crippen molar-refractivity contribution in [3.8, 4) is 5.75 Å². The van der Waals surface area contributed by atoms with Crippen LogP contribution in [-0.4, -0.2) is 43.9 Å². The smallest absolute Gasteiger partial charge is 0.251 e. The van der Waals surface area contributed by atoms with Gasteiger partial charge in [-0.3, -0.25) is 4.79 Å². The lowest BCUT2D eigenvalue weighted by atomic mass is 10.1. The maximum absolute atomic E-state index is 12.3. The zero-order valence-corrected chi connectivity index (χ0v) is 12.1. The van der Waals surface area contributed by atoms with Crippen molar-refractivity contribution in [2.45, 2.75) is 12.5 Å². The quantitative estimate of drug-likeness (QED) is 0.820. The highest BCUT2D eigenvalue weighted by Gasteiger charge is 2.22. The molecule has 0 fully saturated rings. The Balaban J connectivity index is 1.71. The Labute approximate surface area is 124 Å². The predicted molar refractivity (Wildman–Crippen MR) is 80.8 cm³/mol. The van der Waals surface area contributed by atoms with E-state index in [9.17, 15) is 4.79 Å². The summed E-state index contributed by atoms with van der Waals surface area (Å²) in [5, 5.41) is 12.1. The highest BCUT2D eigenvalue weighted by atomic mass is 16.5. The molecule has 5 nitrogen and oxygen atoms in total. The molecule has 3 rings (SSSR count). The first-order valence-electron chi connectivity index (χ1n) is 7.25. The number of hydrogen-bond donors (Lipinski definition) is 2. The molecule has 21 heavy (non-hydrogen) atoms. The summed E-state index contributed by atoms with van der Waals surface area (Å²) in [6.45, 7) is 1.62. The number of aliphatic hydroxyl groups excluding tert-OH is 1. The molecular weight excluding hydrogens is 268 g/mol. The zero-order valence-electron chi connectivity index (χ0n) is 12.1. The molecule has 1 aromatic rings. The summed E-state index contributed by atoms with van der Waals surface area (Å²) in [7, 11) is 1.99. The minimum absolute atomic E-state index is 0.000313. The molecule has 5 heteroatoms. The number of ether oxygens (including phenoxy) is 1. The molecule has 1 amide bonds. The Bertz CT molecular complexity index is 571. The van der Waals surface area contributed by atoms with E-state index in [0.717, 1.165) is 24.4 Å². The van der Waals surface area contributed by atoms with Gasteiger partial charge in [0, 0.05) is 31.2 Å². The predicted octanol–water partition coefficient (Wildman–Crippen LogP) is 1.18. The van der Waals surface area contributed by atoms with E-state index in [1.54, 1.807) is 6.07 Å². The third kappa shape index (κ3) is 2.88. The Hall–Kier alpha value is -2.01. The van der Waals surface area contributed by atoms with E-state index < -0.39 is 0 Å². The van der Waals surface area contributed by atoms with Crippen LogP contribution in [0.5, 0.6) is 5.75 Å². The molecule has 1 aliphatic carbocycles. The number of amides is 1. The van der Waals surface area contributed by atoms with Crippen LogP contribution in [0.25, 0.3) is 0 Å². The molecule has 1 heterocycles. The highest BCUT2D eigenvalue weighted by Crippen LogP contribution is 2.31. The van der Waals surface area contributed by atoms with Crippen LogP contribution in [0.4, 0.5) is 5.69 Å². The Morgan fingerprint density at radius 3 is 3.10 bits per heavy atom. The van der Waals surface area contributed by atoms with Crippen molar-refractivity contribution >= 4 is 11.6 Å². The van der Waals surface area contributed by atoms with Crippen LogP contribution in [0.1, 0.15) is 16.8 Å². The van der Waals surface area contributed by atoms with E-state index in [-0.39, 0.29) is 24.5 Å². The summed E-state index contributed by atoms with van der Waals surface area (Å²) in [5.41, 5.74) is 1.58. The third-order valence-electron chi connectivity index (χ3n) is 4.04. The summed E-state index contributed by atoms with van der Waals surface area (Å²) in [5.74, 6) is 0.879. The van der Waals surface area contributed by atoms with E-state index in [0.29, 0.717) is 12.2 Å². The van der Waals surface area contributed by atoms with Crippen LogP contribution in [0, 0.1) is 5.92 Å². The van der Waals surface area contributed by atoms with Gasteiger partial charge in [-0.2, -0.15) is 0 Å². The fourth-order valence-corrected chi connectivity index (χ4v) is 2.76. The molecule has 0 saturated carbocycles. The normalized spacial score (nSPS) is 23.6. The topological polar surface area (TPSA) is 61.8 Å². The van der Waals surface area contributed by atoms with Crippen molar-refractivity contribution in [2.24, 2.45) is 5.92 Å². The molecule has 0 bridgehead atoms. The summed E-state index contributed by atoms with van der Waals surface area (Å²) in [6, 6.07) is 5.50. The number of fused-ring (bicyclic) bond motifs is 1. The fraction of sp³-hybridized carbons (Fsp3) is 0.438. The number of carbonyl (C=O) groups is 1. The molecule has 2 atom stereocenters. The van der Waals surface area contributed by atoms with Gasteiger partial charge >= 0.3 is 0 Å². The van der Waals surface area contributed by atoms with E-state index >= 15 is 0 Å². The number of nitrogens with one attached hydrogen (secondary N) is 1. The molecule has 1 aliphatic heterocycles. The number of aliphatic hydroxyl groups is 1. The van der Waals surface area contributed by atoms with Gasteiger partial charge in [-0.25, -0.2) is 0 Å². The average molecular weight is 288 g/mol. The average Bonchev–Trinajstić information content (AvgIpc) is 2.95. The SMILES string of the molecule is CN1CCOc2ccc(C(=O)N[C@@H]3C=C[C@H](CO)C3)cc21. The van der Waals surface area contributed by atoms with Crippen molar-refractivity contribution in [3.63, 3.8) is 0 Å². The number of hydrogen-bond acceptors (Lipinski definition) is 4. The first-order valence-corrected chi connectivity index (χ1v) is 7.25. The fourth-order valence-electron chi connectivity index (χ4n) is 2.76. The van der Waals surface area contributed by atoms with Gasteiger partial charge in [-0.05, 0) is 24.6 Å². The van der Waals surface area contributed by atoms with E-state index in [2.05, 4.69) is 10.2 Å². The molecule has 0 unspecified atom stereocenters. The van der Waals surface area contributed by atoms with Gasteiger partial charge in [0.05, 0.1) is 12.2 Å². The van der Waals surface area contributed by atoms with Gasteiger partial charge in [0.2, 0.25) is 0 Å². The van der Waals surface area contributed by atoms with Gasteiger partial charge < -0.3 is 20.1 Å². The van der Waals surface area contributed by atoms with E-state index in [4.69, 9.17) is 9.84 Å². The molecule has 2 aliphatic rings. The van der Waals surface area contributed by atoms with Crippen LogP contribution < -0.4 is 15.0 Å².